The number of aryl methyl sites for hydroxylation is 1. The van der Waals surface area contributed by atoms with Crippen molar-refractivity contribution in [3.63, 3.8) is 0 Å². The highest BCUT2D eigenvalue weighted by Crippen LogP contribution is 2.39. The van der Waals surface area contributed by atoms with Crippen LogP contribution in [0.4, 0.5) is 0 Å². The minimum absolute atomic E-state index is 0.161. The molecule has 1 aliphatic heterocycles. The SMILES string of the molecule is Cc1ccc([C@@H]2C(C(=O)c3cccs3)=C(O)C(=O)N2CCc2ccccc2)cc1. The van der Waals surface area contributed by atoms with Gasteiger partial charge in [0.1, 0.15) is 0 Å². The van der Waals surface area contributed by atoms with Gasteiger partial charge in [0.2, 0.25) is 5.78 Å². The maximum atomic E-state index is 13.1. The number of hydrogen-bond acceptors (Lipinski definition) is 4. The molecule has 1 atom stereocenters. The Labute approximate surface area is 173 Å². The number of Topliss-reactive ketones (excluding diaryl/α,β-unsaturated/α-hetero) is 1. The molecule has 2 aromatic carbocycles. The normalized spacial score (nSPS) is 16.5. The molecule has 3 aromatic rings. The zero-order valence-electron chi connectivity index (χ0n) is 16.0. The summed E-state index contributed by atoms with van der Waals surface area (Å²) in [5.41, 5.74) is 3.17. The summed E-state index contributed by atoms with van der Waals surface area (Å²) in [6, 6.07) is 20.5. The van der Waals surface area contributed by atoms with E-state index in [2.05, 4.69) is 0 Å². The summed E-state index contributed by atoms with van der Waals surface area (Å²) in [6.45, 7) is 2.40. The summed E-state index contributed by atoms with van der Waals surface area (Å²) >= 11 is 1.31. The highest BCUT2D eigenvalue weighted by atomic mass is 32.1. The molecule has 1 N–H and O–H groups in total. The molecule has 0 bridgehead atoms. The van der Waals surface area contributed by atoms with Crippen LogP contribution >= 0.6 is 11.3 Å². The number of rotatable bonds is 6. The van der Waals surface area contributed by atoms with Crippen LogP contribution in [0.1, 0.15) is 32.4 Å². The van der Waals surface area contributed by atoms with Crippen molar-refractivity contribution in [1.82, 2.24) is 4.90 Å². The van der Waals surface area contributed by atoms with Gasteiger partial charge in [0.25, 0.3) is 5.91 Å². The van der Waals surface area contributed by atoms with Gasteiger partial charge in [-0.2, -0.15) is 0 Å². The lowest BCUT2D eigenvalue weighted by atomic mass is 9.94. The van der Waals surface area contributed by atoms with Gasteiger partial charge in [0.05, 0.1) is 16.5 Å². The predicted octanol–water partition coefficient (Wildman–Crippen LogP) is 4.88. The second kappa shape index (κ2) is 8.05. The summed E-state index contributed by atoms with van der Waals surface area (Å²) in [5, 5.41) is 12.5. The molecule has 1 aliphatic rings. The van der Waals surface area contributed by atoms with E-state index in [4.69, 9.17) is 0 Å². The third kappa shape index (κ3) is 3.74. The van der Waals surface area contributed by atoms with Crippen LogP contribution < -0.4 is 0 Å². The Balaban J connectivity index is 1.71. The van der Waals surface area contributed by atoms with Crippen LogP contribution in [0.5, 0.6) is 0 Å². The third-order valence-corrected chi connectivity index (χ3v) is 6.04. The third-order valence-electron chi connectivity index (χ3n) is 5.17. The first kappa shape index (κ1) is 19.2. The summed E-state index contributed by atoms with van der Waals surface area (Å²) < 4.78 is 0. The van der Waals surface area contributed by atoms with Gasteiger partial charge in [-0.1, -0.05) is 66.2 Å². The van der Waals surface area contributed by atoms with Gasteiger partial charge < -0.3 is 10.0 Å². The van der Waals surface area contributed by atoms with Crippen LogP contribution in [-0.4, -0.2) is 28.2 Å². The van der Waals surface area contributed by atoms with E-state index in [0.29, 0.717) is 17.8 Å². The minimum Gasteiger partial charge on any atom is -0.503 e. The topological polar surface area (TPSA) is 57.6 Å². The van der Waals surface area contributed by atoms with Gasteiger partial charge in [-0.25, -0.2) is 0 Å². The molecule has 4 rings (SSSR count). The van der Waals surface area contributed by atoms with Crippen LogP contribution in [0.2, 0.25) is 0 Å². The maximum absolute atomic E-state index is 13.1. The van der Waals surface area contributed by atoms with Crippen molar-refractivity contribution in [2.45, 2.75) is 19.4 Å². The molecule has 0 saturated carbocycles. The summed E-state index contributed by atoms with van der Waals surface area (Å²) in [5.74, 6) is -1.23. The zero-order valence-corrected chi connectivity index (χ0v) is 16.9. The fourth-order valence-corrected chi connectivity index (χ4v) is 4.32. The second-order valence-corrected chi connectivity index (χ2v) is 8.06. The van der Waals surface area contributed by atoms with Crippen molar-refractivity contribution in [3.05, 3.63) is 105 Å². The van der Waals surface area contributed by atoms with Crippen LogP contribution in [-0.2, 0) is 11.2 Å². The Morgan fingerprint density at radius 3 is 2.41 bits per heavy atom. The monoisotopic (exact) mass is 403 g/mol. The Bertz CT molecular complexity index is 1050. The van der Waals surface area contributed by atoms with E-state index in [1.807, 2.05) is 66.9 Å². The number of thiophene rings is 1. The first-order valence-corrected chi connectivity index (χ1v) is 10.4. The lowest BCUT2D eigenvalue weighted by molar-refractivity contribution is -0.129. The van der Waals surface area contributed by atoms with Crippen molar-refractivity contribution in [3.8, 4) is 0 Å². The Hall–Kier alpha value is -3.18. The van der Waals surface area contributed by atoms with Gasteiger partial charge in [-0.3, -0.25) is 9.59 Å². The van der Waals surface area contributed by atoms with E-state index >= 15 is 0 Å². The van der Waals surface area contributed by atoms with Crippen molar-refractivity contribution in [2.75, 3.05) is 6.54 Å². The molecule has 5 heteroatoms. The number of ketones is 1. The second-order valence-electron chi connectivity index (χ2n) is 7.12. The van der Waals surface area contributed by atoms with Crippen LogP contribution in [0.3, 0.4) is 0 Å². The van der Waals surface area contributed by atoms with E-state index in [1.165, 1.54) is 11.3 Å². The number of amides is 1. The molecule has 0 saturated heterocycles. The molecular formula is C24H21NO3S. The van der Waals surface area contributed by atoms with Crippen molar-refractivity contribution in [1.29, 1.82) is 0 Å². The molecule has 146 valence electrons. The van der Waals surface area contributed by atoms with Crippen LogP contribution in [0.25, 0.3) is 0 Å². The first-order valence-electron chi connectivity index (χ1n) is 9.49. The first-order chi connectivity index (χ1) is 14.1. The van der Waals surface area contributed by atoms with E-state index in [9.17, 15) is 14.7 Å². The van der Waals surface area contributed by atoms with Crippen LogP contribution in [0.15, 0.2) is 83.4 Å². The molecule has 0 fully saturated rings. The molecule has 1 amide bonds. The smallest absolute Gasteiger partial charge is 0.290 e. The number of carbonyl (C=O) groups excluding carboxylic acids is 2. The number of carbonyl (C=O) groups is 2. The predicted molar refractivity (Wildman–Crippen MR) is 114 cm³/mol. The molecule has 4 nitrogen and oxygen atoms in total. The van der Waals surface area contributed by atoms with E-state index in [1.54, 1.807) is 17.0 Å². The lowest BCUT2D eigenvalue weighted by Gasteiger charge is -2.27. The molecule has 2 heterocycles. The van der Waals surface area contributed by atoms with Gasteiger partial charge in [-0.05, 0) is 35.9 Å². The number of benzene rings is 2. The molecular weight excluding hydrogens is 382 g/mol. The standard InChI is InChI=1S/C24H21NO3S/c1-16-9-11-18(12-10-16)21-20(22(26)19-8-5-15-29-19)23(27)24(28)25(21)14-13-17-6-3-2-4-7-17/h2-12,15,21,27H,13-14H2,1H3/t21-/m1/s1. The highest BCUT2D eigenvalue weighted by Gasteiger charge is 2.43. The number of hydrogen-bond donors (Lipinski definition) is 1. The van der Waals surface area contributed by atoms with Gasteiger partial charge in [-0.15, -0.1) is 11.3 Å². The average Bonchev–Trinajstić information content (AvgIpc) is 3.36. The largest absolute Gasteiger partial charge is 0.503 e. The Kier molecular flexibility index (Phi) is 5.32. The number of aliphatic hydroxyl groups is 1. The van der Waals surface area contributed by atoms with E-state index < -0.39 is 17.7 Å². The Morgan fingerprint density at radius 1 is 1.03 bits per heavy atom. The summed E-state index contributed by atoms with van der Waals surface area (Å²) in [6.07, 6.45) is 0.642. The summed E-state index contributed by atoms with van der Waals surface area (Å²) in [4.78, 5) is 28.2. The van der Waals surface area contributed by atoms with Crippen molar-refractivity contribution < 1.29 is 14.7 Å². The minimum atomic E-state index is -0.596. The fourth-order valence-electron chi connectivity index (χ4n) is 3.65. The number of nitrogens with zero attached hydrogens (tertiary/aromatic N) is 1. The Morgan fingerprint density at radius 2 is 1.76 bits per heavy atom. The number of aliphatic hydroxyl groups excluding tert-OH is 1. The molecule has 0 spiro atoms. The van der Waals surface area contributed by atoms with Gasteiger partial charge in [0, 0.05) is 6.54 Å². The molecule has 29 heavy (non-hydrogen) atoms. The maximum Gasteiger partial charge on any atom is 0.290 e. The highest BCUT2D eigenvalue weighted by molar-refractivity contribution is 7.12. The fraction of sp³-hybridized carbons (Fsp3) is 0.167. The lowest BCUT2D eigenvalue weighted by Crippen LogP contribution is -2.33. The van der Waals surface area contributed by atoms with E-state index in [-0.39, 0.29) is 11.4 Å². The van der Waals surface area contributed by atoms with Gasteiger partial charge in [0.15, 0.2) is 5.76 Å². The zero-order chi connectivity index (χ0) is 20.4. The molecule has 0 unspecified atom stereocenters. The van der Waals surface area contributed by atoms with Crippen molar-refractivity contribution in [2.24, 2.45) is 0 Å². The molecule has 0 aliphatic carbocycles. The summed E-state index contributed by atoms with van der Waals surface area (Å²) in [7, 11) is 0. The van der Waals surface area contributed by atoms with Crippen molar-refractivity contribution >= 4 is 23.0 Å². The molecule has 0 radical (unpaired) electrons. The molecule has 1 aromatic heterocycles. The average molecular weight is 404 g/mol. The van der Waals surface area contributed by atoms with E-state index in [0.717, 1.165) is 16.7 Å². The van der Waals surface area contributed by atoms with Crippen LogP contribution in [0, 0.1) is 6.92 Å². The van der Waals surface area contributed by atoms with Gasteiger partial charge >= 0.3 is 0 Å². The quantitative estimate of drug-likeness (QED) is 0.597.